The van der Waals surface area contributed by atoms with Crippen molar-refractivity contribution in [1.29, 1.82) is 0 Å². The van der Waals surface area contributed by atoms with E-state index in [0.29, 0.717) is 0 Å². The van der Waals surface area contributed by atoms with Crippen molar-refractivity contribution in [2.45, 2.75) is 12.5 Å². The molecule has 0 aliphatic carbocycles. The molecule has 0 amide bonds. The summed E-state index contributed by atoms with van der Waals surface area (Å²) in [6.07, 6.45) is -2.61. The van der Waals surface area contributed by atoms with Gasteiger partial charge in [-0.3, -0.25) is 0 Å². The summed E-state index contributed by atoms with van der Waals surface area (Å²) in [5.41, 5.74) is 5.39. The van der Waals surface area contributed by atoms with Crippen LogP contribution in [0.15, 0.2) is 18.2 Å². The molecule has 16 heavy (non-hydrogen) atoms. The van der Waals surface area contributed by atoms with Crippen LogP contribution in [0.25, 0.3) is 0 Å². The molecule has 2 N–H and O–H groups in total. The second kappa shape index (κ2) is 5.81. The van der Waals surface area contributed by atoms with Gasteiger partial charge in [0.15, 0.2) is 0 Å². The summed E-state index contributed by atoms with van der Waals surface area (Å²) in [5.74, 6) is -1.32. The Morgan fingerprint density at radius 3 is 2.50 bits per heavy atom. The van der Waals surface area contributed by atoms with Crippen molar-refractivity contribution in [3.8, 4) is 0 Å². The third-order valence-electron chi connectivity index (χ3n) is 1.90. The minimum absolute atomic E-state index is 0.0886. The highest BCUT2D eigenvalue weighted by Gasteiger charge is 2.13. The Labute approximate surface area is 90.0 Å². The molecule has 0 heterocycles. The van der Waals surface area contributed by atoms with Gasteiger partial charge in [-0.2, -0.15) is 0 Å². The summed E-state index contributed by atoms with van der Waals surface area (Å²) in [5, 5.41) is 0. The second-order valence-corrected chi connectivity index (χ2v) is 3.20. The monoisotopic (exact) mass is 237 g/mol. The molecule has 0 aliphatic rings. The molecule has 0 fully saturated rings. The minimum atomic E-state index is -2.61. The fraction of sp³-hybridized carbons (Fsp3) is 0.400. The fourth-order valence-corrected chi connectivity index (χ4v) is 1.17. The Hall–Kier alpha value is -1.14. The van der Waals surface area contributed by atoms with Crippen LogP contribution in [0.5, 0.6) is 0 Å². The van der Waals surface area contributed by atoms with Crippen LogP contribution in [0, 0.1) is 11.6 Å². The van der Waals surface area contributed by atoms with E-state index in [1.807, 2.05) is 0 Å². The normalized spacial score (nSPS) is 13.1. The number of nitrogens with two attached hydrogens (primary N) is 1. The smallest absolute Gasteiger partial charge is 0.261 e. The largest absolute Gasteiger partial charge is 0.374 e. The lowest BCUT2D eigenvalue weighted by Crippen LogP contribution is -2.20. The van der Waals surface area contributed by atoms with Gasteiger partial charge >= 0.3 is 0 Å². The molecule has 0 radical (unpaired) electrons. The predicted octanol–water partition coefficient (Wildman–Crippen LogP) is 2.25. The first kappa shape index (κ1) is 12.9. The van der Waals surface area contributed by atoms with Crippen LogP contribution in [0.4, 0.5) is 17.6 Å². The van der Waals surface area contributed by atoms with Crippen molar-refractivity contribution >= 4 is 0 Å². The van der Waals surface area contributed by atoms with Gasteiger partial charge in [0.1, 0.15) is 18.2 Å². The Morgan fingerprint density at radius 1 is 1.19 bits per heavy atom. The number of halogens is 4. The zero-order valence-corrected chi connectivity index (χ0v) is 8.30. The predicted molar refractivity (Wildman–Crippen MR) is 50.1 cm³/mol. The van der Waals surface area contributed by atoms with Crippen molar-refractivity contribution in [1.82, 2.24) is 0 Å². The van der Waals surface area contributed by atoms with E-state index in [0.717, 1.165) is 18.2 Å². The maximum absolute atomic E-state index is 13.2. The first-order valence-corrected chi connectivity index (χ1v) is 4.57. The SMILES string of the molecule is NC(COCC(F)F)c1cc(F)ccc1F. The highest BCUT2D eigenvalue weighted by Crippen LogP contribution is 2.16. The number of alkyl halides is 2. The molecule has 2 nitrogen and oxygen atoms in total. The fourth-order valence-electron chi connectivity index (χ4n) is 1.17. The summed E-state index contributed by atoms with van der Waals surface area (Å²) in [6, 6.07) is 1.84. The van der Waals surface area contributed by atoms with Crippen molar-refractivity contribution in [2.75, 3.05) is 13.2 Å². The zero-order chi connectivity index (χ0) is 12.1. The number of hydrogen-bond donors (Lipinski definition) is 1. The van der Waals surface area contributed by atoms with Crippen LogP contribution in [-0.2, 0) is 4.74 Å². The number of rotatable bonds is 5. The average Bonchev–Trinajstić information content (AvgIpc) is 2.21. The van der Waals surface area contributed by atoms with Crippen LogP contribution >= 0.6 is 0 Å². The Balaban J connectivity index is 2.58. The van der Waals surface area contributed by atoms with Gasteiger partial charge in [0, 0.05) is 5.56 Å². The lowest BCUT2D eigenvalue weighted by atomic mass is 10.1. The number of benzene rings is 1. The van der Waals surface area contributed by atoms with E-state index >= 15 is 0 Å². The van der Waals surface area contributed by atoms with E-state index in [-0.39, 0.29) is 12.2 Å². The molecule has 0 aromatic heterocycles. The molecule has 1 rings (SSSR count). The van der Waals surface area contributed by atoms with Crippen molar-refractivity contribution < 1.29 is 22.3 Å². The second-order valence-electron chi connectivity index (χ2n) is 3.20. The van der Waals surface area contributed by atoms with Gasteiger partial charge in [0.2, 0.25) is 0 Å². The van der Waals surface area contributed by atoms with Crippen molar-refractivity contribution in [2.24, 2.45) is 5.73 Å². The highest BCUT2D eigenvalue weighted by atomic mass is 19.3. The first-order valence-electron chi connectivity index (χ1n) is 4.57. The van der Waals surface area contributed by atoms with E-state index in [2.05, 4.69) is 4.74 Å². The number of ether oxygens (including phenoxy) is 1. The van der Waals surface area contributed by atoms with Gasteiger partial charge in [-0.05, 0) is 18.2 Å². The van der Waals surface area contributed by atoms with Gasteiger partial charge in [0.25, 0.3) is 6.43 Å². The molecule has 1 aromatic carbocycles. The van der Waals surface area contributed by atoms with Gasteiger partial charge < -0.3 is 10.5 Å². The van der Waals surface area contributed by atoms with Crippen LogP contribution in [0.1, 0.15) is 11.6 Å². The molecule has 0 saturated carbocycles. The molecule has 0 aliphatic heterocycles. The maximum atomic E-state index is 13.2. The van der Waals surface area contributed by atoms with Crippen molar-refractivity contribution in [3.05, 3.63) is 35.4 Å². The molecule has 1 unspecified atom stereocenters. The van der Waals surface area contributed by atoms with Crippen LogP contribution in [-0.4, -0.2) is 19.6 Å². The average molecular weight is 237 g/mol. The quantitative estimate of drug-likeness (QED) is 0.797. The molecule has 1 atom stereocenters. The Bertz CT molecular complexity index is 346. The molecule has 0 bridgehead atoms. The van der Waals surface area contributed by atoms with Crippen molar-refractivity contribution in [3.63, 3.8) is 0 Å². The molecule has 90 valence electrons. The summed E-state index contributed by atoms with van der Waals surface area (Å²) in [6.45, 7) is -1.06. The summed E-state index contributed by atoms with van der Waals surface area (Å²) >= 11 is 0. The van der Waals surface area contributed by atoms with E-state index in [1.165, 1.54) is 0 Å². The summed E-state index contributed by atoms with van der Waals surface area (Å²) < 4.78 is 53.9. The van der Waals surface area contributed by atoms with Gasteiger partial charge in [-0.15, -0.1) is 0 Å². The first-order chi connectivity index (χ1) is 7.50. The standard InChI is InChI=1S/C10H11F4NO/c11-6-1-2-8(12)7(3-6)9(15)4-16-5-10(13)14/h1-3,9-10H,4-5,15H2. The van der Waals surface area contributed by atoms with E-state index < -0.39 is 30.7 Å². The third kappa shape index (κ3) is 3.79. The highest BCUT2D eigenvalue weighted by molar-refractivity contribution is 5.22. The third-order valence-corrected chi connectivity index (χ3v) is 1.90. The number of hydrogen-bond acceptors (Lipinski definition) is 2. The molecular weight excluding hydrogens is 226 g/mol. The molecular formula is C10H11F4NO. The molecule has 6 heteroatoms. The lowest BCUT2D eigenvalue weighted by molar-refractivity contribution is 0.0123. The Morgan fingerprint density at radius 2 is 1.88 bits per heavy atom. The topological polar surface area (TPSA) is 35.2 Å². The van der Waals surface area contributed by atoms with Crippen LogP contribution in [0.2, 0.25) is 0 Å². The maximum Gasteiger partial charge on any atom is 0.261 e. The van der Waals surface area contributed by atoms with Gasteiger partial charge in [0.05, 0.1) is 12.6 Å². The van der Waals surface area contributed by atoms with Crippen LogP contribution < -0.4 is 5.73 Å². The van der Waals surface area contributed by atoms with Crippen LogP contribution in [0.3, 0.4) is 0 Å². The van der Waals surface area contributed by atoms with E-state index in [1.54, 1.807) is 0 Å². The molecule has 0 spiro atoms. The molecule has 0 saturated heterocycles. The summed E-state index contributed by atoms with van der Waals surface area (Å²) in [4.78, 5) is 0. The molecule has 1 aromatic rings. The summed E-state index contributed by atoms with van der Waals surface area (Å²) in [7, 11) is 0. The lowest BCUT2D eigenvalue weighted by Gasteiger charge is -2.13. The Kier molecular flexibility index (Phi) is 4.70. The van der Waals surface area contributed by atoms with Gasteiger partial charge in [-0.1, -0.05) is 0 Å². The zero-order valence-electron chi connectivity index (χ0n) is 8.30. The van der Waals surface area contributed by atoms with E-state index in [4.69, 9.17) is 5.73 Å². The van der Waals surface area contributed by atoms with E-state index in [9.17, 15) is 17.6 Å². The minimum Gasteiger partial charge on any atom is -0.374 e. The van der Waals surface area contributed by atoms with Gasteiger partial charge in [-0.25, -0.2) is 17.6 Å².